The standard InChI is InChI=1S/C10H15ClN2S/c1-6(2)8(4)14-10-7(3)9(11)12-5-13-10/h5-6,8H,1-4H3. The second-order valence-electron chi connectivity index (χ2n) is 3.66. The zero-order valence-corrected chi connectivity index (χ0v) is 10.5. The molecule has 1 rings (SSSR count). The second kappa shape index (κ2) is 4.99. The van der Waals surface area contributed by atoms with Crippen LogP contribution in [0.3, 0.4) is 0 Å². The summed E-state index contributed by atoms with van der Waals surface area (Å²) in [5, 5.41) is 2.09. The number of aromatic nitrogens is 2. The van der Waals surface area contributed by atoms with E-state index in [9.17, 15) is 0 Å². The molecule has 0 aliphatic heterocycles. The molecule has 0 bridgehead atoms. The maximum Gasteiger partial charge on any atom is 0.136 e. The average Bonchev–Trinajstić information content (AvgIpc) is 2.12. The van der Waals surface area contributed by atoms with Crippen molar-refractivity contribution in [3.63, 3.8) is 0 Å². The molecule has 2 nitrogen and oxygen atoms in total. The molecule has 14 heavy (non-hydrogen) atoms. The number of nitrogens with zero attached hydrogens (tertiary/aromatic N) is 2. The lowest BCUT2D eigenvalue weighted by molar-refractivity contribution is 0.641. The Balaban J connectivity index is 2.82. The predicted molar refractivity (Wildman–Crippen MR) is 61.9 cm³/mol. The molecular weight excluding hydrogens is 216 g/mol. The molecule has 1 aromatic rings. The molecular formula is C10H15ClN2S. The number of halogens is 1. The van der Waals surface area contributed by atoms with Crippen molar-refractivity contribution in [2.24, 2.45) is 5.92 Å². The van der Waals surface area contributed by atoms with E-state index >= 15 is 0 Å². The Kier molecular flexibility index (Phi) is 4.20. The molecule has 0 radical (unpaired) electrons. The normalized spacial score (nSPS) is 13.3. The van der Waals surface area contributed by atoms with Crippen LogP contribution in [0.4, 0.5) is 0 Å². The van der Waals surface area contributed by atoms with Crippen LogP contribution in [-0.4, -0.2) is 15.2 Å². The van der Waals surface area contributed by atoms with E-state index in [4.69, 9.17) is 11.6 Å². The van der Waals surface area contributed by atoms with E-state index in [1.54, 1.807) is 11.8 Å². The molecule has 0 N–H and O–H groups in total. The quantitative estimate of drug-likeness (QED) is 0.587. The van der Waals surface area contributed by atoms with Gasteiger partial charge in [-0.1, -0.05) is 32.4 Å². The van der Waals surface area contributed by atoms with Gasteiger partial charge in [-0.25, -0.2) is 9.97 Å². The summed E-state index contributed by atoms with van der Waals surface area (Å²) in [6.07, 6.45) is 1.52. The molecule has 0 aromatic carbocycles. The molecule has 1 unspecified atom stereocenters. The molecule has 78 valence electrons. The van der Waals surface area contributed by atoms with Crippen molar-refractivity contribution < 1.29 is 0 Å². The van der Waals surface area contributed by atoms with E-state index in [1.165, 1.54) is 6.33 Å². The Labute approximate surface area is 94.5 Å². The van der Waals surface area contributed by atoms with E-state index < -0.39 is 0 Å². The van der Waals surface area contributed by atoms with Gasteiger partial charge >= 0.3 is 0 Å². The molecule has 0 aliphatic carbocycles. The van der Waals surface area contributed by atoms with Crippen LogP contribution in [0.1, 0.15) is 26.3 Å². The highest BCUT2D eigenvalue weighted by Gasteiger charge is 2.12. The lowest BCUT2D eigenvalue weighted by atomic mass is 10.2. The molecule has 0 amide bonds. The van der Waals surface area contributed by atoms with Gasteiger partial charge in [0.2, 0.25) is 0 Å². The fraction of sp³-hybridized carbons (Fsp3) is 0.600. The van der Waals surface area contributed by atoms with Gasteiger partial charge in [0.1, 0.15) is 16.5 Å². The van der Waals surface area contributed by atoms with Crippen LogP contribution in [-0.2, 0) is 0 Å². The maximum atomic E-state index is 5.91. The summed E-state index contributed by atoms with van der Waals surface area (Å²) in [6, 6.07) is 0. The van der Waals surface area contributed by atoms with Gasteiger partial charge in [0.25, 0.3) is 0 Å². The third-order valence-electron chi connectivity index (χ3n) is 2.21. The molecule has 0 saturated carbocycles. The van der Waals surface area contributed by atoms with Gasteiger partial charge in [-0.3, -0.25) is 0 Å². The van der Waals surface area contributed by atoms with E-state index in [0.717, 1.165) is 10.6 Å². The van der Waals surface area contributed by atoms with Gasteiger partial charge in [-0.05, 0) is 12.8 Å². The predicted octanol–water partition coefficient (Wildman–Crippen LogP) is 3.58. The van der Waals surface area contributed by atoms with Crippen LogP contribution in [0.2, 0.25) is 5.15 Å². The Bertz CT molecular complexity index is 315. The highest BCUT2D eigenvalue weighted by molar-refractivity contribution is 7.99. The Morgan fingerprint density at radius 1 is 1.29 bits per heavy atom. The third kappa shape index (κ3) is 2.85. The summed E-state index contributed by atoms with van der Waals surface area (Å²) in [5.74, 6) is 0.633. The van der Waals surface area contributed by atoms with Crippen LogP contribution in [0.25, 0.3) is 0 Å². The smallest absolute Gasteiger partial charge is 0.136 e. The van der Waals surface area contributed by atoms with Crippen molar-refractivity contribution in [3.05, 3.63) is 17.0 Å². The maximum absolute atomic E-state index is 5.91. The monoisotopic (exact) mass is 230 g/mol. The minimum Gasteiger partial charge on any atom is -0.230 e. The number of rotatable bonds is 3. The summed E-state index contributed by atoms with van der Waals surface area (Å²) < 4.78 is 0. The Morgan fingerprint density at radius 2 is 1.93 bits per heavy atom. The first-order valence-corrected chi connectivity index (χ1v) is 5.92. The second-order valence-corrected chi connectivity index (χ2v) is 5.39. The summed E-state index contributed by atoms with van der Waals surface area (Å²) in [6.45, 7) is 8.56. The number of thioether (sulfide) groups is 1. The summed E-state index contributed by atoms with van der Waals surface area (Å²) in [4.78, 5) is 8.16. The first-order valence-electron chi connectivity index (χ1n) is 4.66. The fourth-order valence-corrected chi connectivity index (χ4v) is 2.04. The largest absolute Gasteiger partial charge is 0.230 e. The van der Waals surface area contributed by atoms with Crippen molar-refractivity contribution in [3.8, 4) is 0 Å². The van der Waals surface area contributed by atoms with Gasteiger partial charge in [0.15, 0.2) is 0 Å². The summed E-state index contributed by atoms with van der Waals surface area (Å²) >= 11 is 7.67. The molecule has 1 heterocycles. The molecule has 0 saturated heterocycles. The van der Waals surface area contributed by atoms with Crippen LogP contribution in [0, 0.1) is 12.8 Å². The van der Waals surface area contributed by atoms with Gasteiger partial charge in [0.05, 0.1) is 0 Å². The molecule has 0 aliphatic rings. The number of hydrogen-bond acceptors (Lipinski definition) is 3. The minimum absolute atomic E-state index is 0.541. The van der Waals surface area contributed by atoms with Crippen molar-refractivity contribution in [2.45, 2.75) is 38.0 Å². The molecule has 0 spiro atoms. The van der Waals surface area contributed by atoms with Crippen LogP contribution >= 0.6 is 23.4 Å². The van der Waals surface area contributed by atoms with Crippen LogP contribution in [0.5, 0.6) is 0 Å². The molecule has 4 heteroatoms. The van der Waals surface area contributed by atoms with E-state index in [2.05, 4.69) is 30.7 Å². The lowest BCUT2D eigenvalue weighted by Gasteiger charge is -2.15. The third-order valence-corrected chi connectivity index (χ3v) is 4.14. The van der Waals surface area contributed by atoms with Crippen molar-refractivity contribution in [1.29, 1.82) is 0 Å². The summed E-state index contributed by atoms with van der Waals surface area (Å²) in [5.41, 5.74) is 0.978. The van der Waals surface area contributed by atoms with Crippen LogP contribution < -0.4 is 0 Å². The first kappa shape index (κ1) is 11.8. The van der Waals surface area contributed by atoms with Gasteiger partial charge in [-0.15, -0.1) is 11.8 Å². The van der Waals surface area contributed by atoms with Crippen molar-refractivity contribution in [2.75, 3.05) is 0 Å². The van der Waals surface area contributed by atoms with Gasteiger partial charge in [0, 0.05) is 10.8 Å². The highest BCUT2D eigenvalue weighted by atomic mass is 35.5. The van der Waals surface area contributed by atoms with Gasteiger partial charge < -0.3 is 0 Å². The molecule has 1 aromatic heterocycles. The average molecular weight is 231 g/mol. The topological polar surface area (TPSA) is 25.8 Å². The lowest BCUT2D eigenvalue weighted by Crippen LogP contribution is -2.06. The zero-order chi connectivity index (χ0) is 10.7. The molecule has 0 fully saturated rings. The Hall–Kier alpha value is -0.280. The molecule has 1 atom stereocenters. The Morgan fingerprint density at radius 3 is 2.50 bits per heavy atom. The van der Waals surface area contributed by atoms with Crippen LogP contribution in [0.15, 0.2) is 11.4 Å². The SMILES string of the molecule is Cc1c(Cl)ncnc1SC(C)C(C)C. The van der Waals surface area contributed by atoms with Gasteiger partial charge in [-0.2, -0.15) is 0 Å². The van der Waals surface area contributed by atoms with E-state index in [-0.39, 0.29) is 0 Å². The fourth-order valence-electron chi connectivity index (χ4n) is 0.845. The first-order chi connectivity index (χ1) is 6.52. The van der Waals surface area contributed by atoms with E-state index in [1.807, 2.05) is 6.92 Å². The van der Waals surface area contributed by atoms with Crippen molar-refractivity contribution in [1.82, 2.24) is 9.97 Å². The minimum atomic E-state index is 0.541. The summed E-state index contributed by atoms with van der Waals surface area (Å²) in [7, 11) is 0. The zero-order valence-electron chi connectivity index (χ0n) is 8.91. The van der Waals surface area contributed by atoms with E-state index in [0.29, 0.717) is 16.3 Å². The highest BCUT2D eigenvalue weighted by Crippen LogP contribution is 2.30. The number of hydrogen-bond donors (Lipinski definition) is 0. The van der Waals surface area contributed by atoms with Crippen molar-refractivity contribution >= 4 is 23.4 Å².